The van der Waals surface area contributed by atoms with Crippen LogP contribution in [0.4, 0.5) is 0 Å². The maximum atomic E-state index is 11.0. The molecule has 0 unspecified atom stereocenters. The molecule has 0 fully saturated rings. The molecule has 0 bridgehead atoms. The molecule has 1 aromatic heterocycles. The Bertz CT molecular complexity index is 315. The van der Waals surface area contributed by atoms with Gasteiger partial charge in [-0.2, -0.15) is 5.26 Å². The Balaban J connectivity index is 2.86. The standard InChI is InChI=1S/C6H3BrN2OS/c7-5-4(1-2-11-5)6(10)9-3-8/h1-2H,(H,9,10). The van der Waals surface area contributed by atoms with E-state index in [-0.39, 0.29) is 5.91 Å². The lowest BCUT2D eigenvalue weighted by molar-refractivity contribution is 0.0972. The highest BCUT2D eigenvalue weighted by molar-refractivity contribution is 9.11. The zero-order chi connectivity index (χ0) is 8.27. The Hall–Kier alpha value is -0.860. The van der Waals surface area contributed by atoms with Crippen molar-refractivity contribution in [3.05, 3.63) is 20.8 Å². The molecule has 5 heteroatoms. The number of thiophene rings is 1. The van der Waals surface area contributed by atoms with E-state index in [9.17, 15) is 4.79 Å². The van der Waals surface area contributed by atoms with Gasteiger partial charge in [0.15, 0.2) is 6.19 Å². The predicted octanol–water partition coefficient (Wildman–Crippen LogP) is 1.72. The highest BCUT2D eigenvalue weighted by atomic mass is 79.9. The summed E-state index contributed by atoms with van der Waals surface area (Å²) in [5, 5.41) is 11.9. The highest BCUT2D eigenvalue weighted by Crippen LogP contribution is 2.22. The normalized spacial score (nSPS) is 8.73. The van der Waals surface area contributed by atoms with Crippen LogP contribution < -0.4 is 5.32 Å². The second-order valence-corrected chi connectivity index (χ2v) is 3.91. The number of nitrogens with one attached hydrogen (secondary N) is 1. The Morgan fingerprint density at radius 3 is 3.00 bits per heavy atom. The maximum Gasteiger partial charge on any atom is 0.266 e. The van der Waals surface area contributed by atoms with Gasteiger partial charge in [0.1, 0.15) is 0 Å². The number of rotatable bonds is 1. The molecule has 0 saturated heterocycles. The average molecular weight is 231 g/mol. The van der Waals surface area contributed by atoms with Crippen molar-refractivity contribution in [1.29, 1.82) is 5.26 Å². The van der Waals surface area contributed by atoms with E-state index in [1.54, 1.807) is 17.6 Å². The van der Waals surface area contributed by atoms with Crippen molar-refractivity contribution in [3.8, 4) is 6.19 Å². The topological polar surface area (TPSA) is 52.9 Å². The van der Waals surface area contributed by atoms with Gasteiger partial charge in [0.05, 0.1) is 9.35 Å². The van der Waals surface area contributed by atoms with Gasteiger partial charge in [-0.05, 0) is 27.4 Å². The molecule has 1 aromatic rings. The van der Waals surface area contributed by atoms with Gasteiger partial charge < -0.3 is 0 Å². The van der Waals surface area contributed by atoms with Crippen molar-refractivity contribution in [3.63, 3.8) is 0 Å². The predicted molar refractivity (Wildman–Crippen MR) is 45.1 cm³/mol. The van der Waals surface area contributed by atoms with Crippen molar-refractivity contribution >= 4 is 33.2 Å². The molecule has 0 radical (unpaired) electrons. The van der Waals surface area contributed by atoms with Gasteiger partial charge in [-0.15, -0.1) is 11.3 Å². The first-order chi connectivity index (χ1) is 5.25. The molecule has 11 heavy (non-hydrogen) atoms. The first-order valence-corrected chi connectivity index (χ1v) is 4.35. The van der Waals surface area contributed by atoms with E-state index >= 15 is 0 Å². The minimum Gasteiger partial charge on any atom is -0.268 e. The van der Waals surface area contributed by atoms with Crippen LogP contribution in [0.25, 0.3) is 0 Å². The highest BCUT2D eigenvalue weighted by Gasteiger charge is 2.09. The zero-order valence-electron chi connectivity index (χ0n) is 5.30. The molecular formula is C6H3BrN2OS. The molecule has 0 aliphatic rings. The molecule has 1 heterocycles. The van der Waals surface area contributed by atoms with Crippen molar-refractivity contribution in [1.82, 2.24) is 5.32 Å². The first-order valence-electron chi connectivity index (χ1n) is 2.68. The van der Waals surface area contributed by atoms with Crippen molar-refractivity contribution in [2.75, 3.05) is 0 Å². The fourth-order valence-electron chi connectivity index (χ4n) is 0.574. The van der Waals surface area contributed by atoms with Gasteiger partial charge in [-0.3, -0.25) is 10.1 Å². The van der Waals surface area contributed by atoms with Crippen LogP contribution in [-0.2, 0) is 0 Å². The minimum atomic E-state index is -0.374. The van der Waals surface area contributed by atoms with Crippen LogP contribution >= 0.6 is 27.3 Å². The fourth-order valence-corrected chi connectivity index (χ4v) is 1.82. The molecule has 0 saturated carbocycles. The van der Waals surface area contributed by atoms with E-state index < -0.39 is 0 Å². The zero-order valence-corrected chi connectivity index (χ0v) is 7.70. The van der Waals surface area contributed by atoms with E-state index in [0.717, 1.165) is 3.79 Å². The monoisotopic (exact) mass is 230 g/mol. The SMILES string of the molecule is N#CNC(=O)c1ccsc1Br. The maximum absolute atomic E-state index is 11.0. The summed E-state index contributed by atoms with van der Waals surface area (Å²) in [6, 6.07) is 1.65. The molecule has 56 valence electrons. The third-order valence-corrected chi connectivity index (χ3v) is 2.72. The number of nitrogens with zero attached hydrogens (tertiary/aromatic N) is 1. The lowest BCUT2D eigenvalue weighted by Gasteiger charge is -1.91. The molecule has 1 rings (SSSR count). The van der Waals surface area contributed by atoms with Crippen molar-refractivity contribution in [2.45, 2.75) is 0 Å². The molecule has 0 aromatic carbocycles. The van der Waals surface area contributed by atoms with Crippen LogP contribution in [-0.4, -0.2) is 5.91 Å². The van der Waals surface area contributed by atoms with E-state index in [1.807, 2.05) is 5.32 Å². The van der Waals surface area contributed by atoms with Crippen molar-refractivity contribution in [2.24, 2.45) is 0 Å². The summed E-state index contributed by atoms with van der Waals surface area (Å²) in [5.41, 5.74) is 0.497. The summed E-state index contributed by atoms with van der Waals surface area (Å²) in [6.45, 7) is 0. The quantitative estimate of drug-likeness (QED) is 0.591. The van der Waals surface area contributed by atoms with Crippen LogP contribution in [0.1, 0.15) is 10.4 Å². The minimum absolute atomic E-state index is 0.374. The number of carbonyl (C=O) groups excluding carboxylic acids is 1. The molecule has 0 spiro atoms. The molecule has 0 atom stereocenters. The number of hydrogen-bond acceptors (Lipinski definition) is 3. The number of amides is 1. The largest absolute Gasteiger partial charge is 0.268 e. The van der Waals surface area contributed by atoms with E-state index in [0.29, 0.717) is 5.56 Å². The summed E-state index contributed by atoms with van der Waals surface area (Å²) < 4.78 is 0.741. The summed E-state index contributed by atoms with van der Waals surface area (Å²) in [7, 11) is 0. The van der Waals surface area contributed by atoms with E-state index in [1.165, 1.54) is 11.3 Å². The van der Waals surface area contributed by atoms with Crippen LogP contribution in [0.5, 0.6) is 0 Å². The summed E-state index contributed by atoms with van der Waals surface area (Å²) in [4.78, 5) is 11.0. The van der Waals surface area contributed by atoms with Crippen LogP contribution in [0.3, 0.4) is 0 Å². The number of carbonyl (C=O) groups is 1. The molecule has 0 aliphatic heterocycles. The number of halogens is 1. The second kappa shape index (κ2) is 3.51. The van der Waals surface area contributed by atoms with E-state index in [4.69, 9.17) is 5.26 Å². The van der Waals surface area contributed by atoms with Crippen LogP contribution in [0.2, 0.25) is 0 Å². The van der Waals surface area contributed by atoms with Gasteiger partial charge in [0.2, 0.25) is 0 Å². The Kier molecular flexibility index (Phi) is 2.63. The molecule has 0 aliphatic carbocycles. The smallest absolute Gasteiger partial charge is 0.266 e. The first kappa shape index (κ1) is 8.24. The van der Waals surface area contributed by atoms with Gasteiger partial charge in [0, 0.05) is 0 Å². The Morgan fingerprint density at radius 1 is 1.82 bits per heavy atom. The van der Waals surface area contributed by atoms with Gasteiger partial charge >= 0.3 is 0 Å². The summed E-state index contributed by atoms with van der Waals surface area (Å²) in [5.74, 6) is -0.374. The summed E-state index contributed by atoms with van der Waals surface area (Å²) in [6.07, 6.45) is 1.57. The molecule has 3 nitrogen and oxygen atoms in total. The average Bonchev–Trinajstić information content (AvgIpc) is 2.36. The lowest BCUT2D eigenvalue weighted by atomic mass is 10.3. The molecule has 1 N–H and O–H groups in total. The second-order valence-electron chi connectivity index (χ2n) is 1.67. The third-order valence-electron chi connectivity index (χ3n) is 1.03. The Labute approximate surface area is 75.8 Å². The van der Waals surface area contributed by atoms with Gasteiger partial charge in [-0.1, -0.05) is 0 Å². The fraction of sp³-hybridized carbons (Fsp3) is 0. The lowest BCUT2D eigenvalue weighted by Crippen LogP contribution is -2.16. The van der Waals surface area contributed by atoms with Gasteiger partial charge in [0.25, 0.3) is 5.91 Å². The third kappa shape index (κ3) is 1.79. The summed E-state index contributed by atoms with van der Waals surface area (Å²) >= 11 is 4.59. The van der Waals surface area contributed by atoms with Crippen LogP contribution in [0.15, 0.2) is 15.2 Å². The number of nitriles is 1. The van der Waals surface area contributed by atoms with E-state index in [2.05, 4.69) is 15.9 Å². The van der Waals surface area contributed by atoms with Gasteiger partial charge in [-0.25, -0.2) is 0 Å². The molecular weight excluding hydrogens is 228 g/mol. The number of hydrogen-bond donors (Lipinski definition) is 1. The van der Waals surface area contributed by atoms with Crippen LogP contribution in [0, 0.1) is 11.5 Å². The molecule has 1 amide bonds. The van der Waals surface area contributed by atoms with Crippen molar-refractivity contribution < 1.29 is 4.79 Å². The Morgan fingerprint density at radius 2 is 2.55 bits per heavy atom.